The summed E-state index contributed by atoms with van der Waals surface area (Å²) in [5, 5.41) is 12.0. The van der Waals surface area contributed by atoms with Crippen molar-refractivity contribution in [3.63, 3.8) is 0 Å². The maximum atomic E-state index is 12.7. The fourth-order valence-corrected chi connectivity index (χ4v) is 3.10. The van der Waals surface area contributed by atoms with Crippen LogP contribution in [-0.2, 0) is 11.2 Å². The van der Waals surface area contributed by atoms with E-state index in [1.165, 1.54) is 0 Å². The predicted molar refractivity (Wildman–Crippen MR) is 98.7 cm³/mol. The van der Waals surface area contributed by atoms with E-state index < -0.39 is 0 Å². The van der Waals surface area contributed by atoms with Crippen LogP contribution in [0, 0.1) is 5.92 Å². The van der Waals surface area contributed by atoms with Gasteiger partial charge in [0.05, 0.1) is 5.92 Å². The van der Waals surface area contributed by atoms with Gasteiger partial charge in [0.2, 0.25) is 5.91 Å². The number of aromatic nitrogens is 3. The molecule has 0 aliphatic heterocycles. The Morgan fingerprint density at radius 3 is 2.64 bits per heavy atom. The molecule has 1 N–H and O–H groups in total. The molecule has 25 heavy (non-hydrogen) atoms. The number of carbonyl (C=O) groups excluding carboxylic acids is 1. The highest BCUT2D eigenvalue weighted by molar-refractivity contribution is 6.30. The lowest BCUT2D eigenvalue weighted by Gasteiger charge is -2.20. The van der Waals surface area contributed by atoms with Crippen LogP contribution in [-0.4, -0.2) is 27.0 Å². The van der Waals surface area contributed by atoms with Crippen LogP contribution in [0.25, 0.3) is 5.65 Å². The number of rotatable bonds is 6. The first kappa shape index (κ1) is 17.4. The molecule has 0 radical (unpaired) electrons. The molecule has 1 amide bonds. The number of amides is 1. The summed E-state index contributed by atoms with van der Waals surface area (Å²) in [5.41, 5.74) is 1.79. The number of hydrogen-bond donors (Lipinski definition) is 1. The van der Waals surface area contributed by atoms with E-state index in [0.29, 0.717) is 18.0 Å². The van der Waals surface area contributed by atoms with Gasteiger partial charge in [-0.05, 0) is 35.7 Å². The molecule has 0 spiro atoms. The Kier molecular flexibility index (Phi) is 5.34. The largest absolute Gasteiger partial charge is 0.355 e. The van der Waals surface area contributed by atoms with E-state index in [-0.39, 0.29) is 17.7 Å². The van der Waals surface area contributed by atoms with Crippen LogP contribution in [0.15, 0.2) is 48.7 Å². The highest BCUT2D eigenvalue weighted by Crippen LogP contribution is 2.25. The molecule has 0 aliphatic carbocycles. The fraction of sp³-hybridized carbons (Fsp3) is 0.316. The van der Waals surface area contributed by atoms with Gasteiger partial charge in [0.15, 0.2) is 5.65 Å². The topological polar surface area (TPSA) is 59.3 Å². The molecule has 0 fully saturated rings. The number of carbonyl (C=O) groups is 1. The molecule has 2 aromatic heterocycles. The number of nitrogens with one attached hydrogen (secondary N) is 1. The predicted octanol–water partition coefficient (Wildman–Crippen LogP) is 3.48. The monoisotopic (exact) mass is 356 g/mol. The summed E-state index contributed by atoms with van der Waals surface area (Å²) in [6, 6.07) is 13.2. The number of fused-ring (bicyclic) bond motifs is 1. The van der Waals surface area contributed by atoms with Crippen molar-refractivity contribution in [2.24, 2.45) is 5.92 Å². The highest BCUT2D eigenvalue weighted by Gasteiger charge is 2.23. The number of hydrogen-bond acceptors (Lipinski definition) is 3. The van der Waals surface area contributed by atoms with Crippen molar-refractivity contribution < 1.29 is 4.79 Å². The van der Waals surface area contributed by atoms with Gasteiger partial charge in [0.25, 0.3) is 0 Å². The Bertz CT molecular complexity index is 857. The lowest BCUT2D eigenvalue weighted by Crippen LogP contribution is -2.33. The van der Waals surface area contributed by atoms with Crippen molar-refractivity contribution >= 4 is 23.2 Å². The first-order chi connectivity index (χ1) is 12.1. The maximum absolute atomic E-state index is 12.7. The Morgan fingerprint density at radius 1 is 1.16 bits per heavy atom. The van der Waals surface area contributed by atoms with Crippen molar-refractivity contribution in [1.82, 2.24) is 19.9 Å². The second kappa shape index (κ2) is 7.66. The molecular formula is C19H21ClN4O. The second-order valence-electron chi connectivity index (χ2n) is 6.36. The van der Waals surface area contributed by atoms with Gasteiger partial charge in [-0.3, -0.25) is 9.20 Å². The number of nitrogens with zero attached hydrogens (tertiary/aromatic N) is 3. The van der Waals surface area contributed by atoms with Crippen molar-refractivity contribution in [2.45, 2.75) is 26.2 Å². The first-order valence-electron chi connectivity index (χ1n) is 8.38. The van der Waals surface area contributed by atoms with E-state index in [0.717, 1.165) is 17.0 Å². The summed E-state index contributed by atoms with van der Waals surface area (Å²) < 4.78 is 1.94. The molecule has 0 saturated heterocycles. The number of halogens is 1. The Hall–Kier alpha value is -2.40. The van der Waals surface area contributed by atoms with Crippen LogP contribution in [0.3, 0.4) is 0 Å². The minimum absolute atomic E-state index is 0.0196. The molecule has 0 aliphatic rings. The normalized spacial score (nSPS) is 12.5. The Labute approximate surface area is 152 Å². The van der Waals surface area contributed by atoms with E-state index in [2.05, 4.69) is 15.5 Å². The van der Waals surface area contributed by atoms with Crippen LogP contribution in [0.4, 0.5) is 0 Å². The smallest absolute Gasteiger partial charge is 0.227 e. The molecule has 130 valence electrons. The average molecular weight is 357 g/mol. The van der Waals surface area contributed by atoms with Crippen LogP contribution < -0.4 is 5.32 Å². The Balaban J connectivity index is 1.65. The summed E-state index contributed by atoms with van der Waals surface area (Å²) >= 11 is 5.95. The first-order valence-corrected chi connectivity index (χ1v) is 8.76. The number of benzene rings is 1. The summed E-state index contributed by atoms with van der Waals surface area (Å²) in [7, 11) is 0. The van der Waals surface area contributed by atoms with Gasteiger partial charge in [-0.1, -0.05) is 43.6 Å². The van der Waals surface area contributed by atoms with Gasteiger partial charge in [-0.2, -0.15) is 0 Å². The molecule has 3 rings (SSSR count). The van der Waals surface area contributed by atoms with Gasteiger partial charge in [0.1, 0.15) is 5.82 Å². The molecule has 3 aromatic rings. The molecule has 5 nitrogen and oxygen atoms in total. The number of pyridine rings is 1. The summed E-state index contributed by atoms with van der Waals surface area (Å²) in [4.78, 5) is 12.7. The SMILES string of the molecule is CC(C)[C@@H](C(=O)NCCc1nnc2ccccn12)c1ccc(Cl)cc1. The van der Waals surface area contributed by atoms with Crippen molar-refractivity contribution in [3.8, 4) is 0 Å². The molecule has 2 heterocycles. The van der Waals surface area contributed by atoms with Crippen LogP contribution in [0.5, 0.6) is 0 Å². The van der Waals surface area contributed by atoms with Crippen LogP contribution in [0.1, 0.15) is 31.2 Å². The van der Waals surface area contributed by atoms with Gasteiger partial charge in [-0.25, -0.2) is 0 Å². The van der Waals surface area contributed by atoms with Crippen molar-refractivity contribution in [1.29, 1.82) is 0 Å². The van der Waals surface area contributed by atoms with E-state index in [9.17, 15) is 4.79 Å². The summed E-state index contributed by atoms with van der Waals surface area (Å²) in [6.45, 7) is 4.61. The van der Waals surface area contributed by atoms with Gasteiger partial charge < -0.3 is 5.32 Å². The second-order valence-corrected chi connectivity index (χ2v) is 6.80. The van der Waals surface area contributed by atoms with E-state index in [1.54, 1.807) is 0 Å². The molecule has 1 atom stereocenters. The van der Waals surface area contributed by atoms with Gasteiger partial charge >= 0.3 is 0 Å². The third kappa shape index (κ3) is 3.99. The standard InChI is InChI=1S/C19H21ClN4O/c1-13(2)18(14-6-8-15(20)9-7-14)19(25)21-11-10-17-23-22-16-5-3-4-12-24(16)17/h3-9,12-13,18H,10-11H2,1-2H3,(H,21,25)/t18-/m1/s1. The zero-order valence-electron chi connectivity index (χ0n) is 14.3. The summed E-state index contributed by atoms with van der Waals surface area (Å²) in [6.07, 6.45) is 2.56. The molecule has 1 aromatic carbocycles. The minimum atomic E-state index is -0.201. The molecule has 0 bridgehead atoms. The zero-order chi connectivity index (χ0) is 17.8. The van der Waals surface area contributed by atoms with Crippen LogP contribution in [0.2, 0.25) is 5.02 Å². The lowest BCUT2D eigenvalue weighted by atomic mass is 9.87. The third-order valence-electron chi connectivity index (χ3n) is 4.21. The van der Waals surface area contributed by atoms with Crippen molar-refractivity contribution in [3.05, 3.63) is 65.1 Å². The Morgan fingerprint density at radius 2 is 1.92 bits per heavy atom. The van der Waals surface area contributed by atoms with Crippen molar-refractivity contribution in [2.75, 3.05) is 6.54 Å². The molecule has 0 unspecified atom stereocenters. The average Bonchev–Trinajstić information content (AvgIpc) is 3.00. The molecular weight excluding hydrogens is 336 g/mol. The fourth-order valence-electron chi connectivity index (χ4n) is 2.98. The third-order valence-corrected chi connectivity index (χ3v) is 4.46. The van der Waals surface area contributed by atoms with E-state index in [4.69, 9.17) is 11.6 Å². The summed E-state index contributed by atoms with van der Waals surface area (Å²) in [5.74, 6) is 0.845. The maximum Gasteiger partial charge on any atom is 0.227 e. The molecule has 6 heteroatoms. The van der Waals surface area contributed by atoms with Crippen LogP contribution >= 0.6 is 11.6 Å². The van der Waals surface area contributed by atoms with Gasteiger partial charge in [-0.15, -0.1) is 10.2 Å². The highest BCUT2D eigenvalue weighted by atomic mass is 35.5. The minimum Gasteiger partial charge on any atom is -0.355 e. The van der Waals surface area contributed by atoms with Gasteiger partial charge in [0, 0.05) is 24.2 Å². The molecule has 0 saturated carbocycles. The van der Waals surface area contributed by atoms with E-state index in [1.807, 2.05) is 66.9 Å². The van der Waals surface area contributed by atoms with E-state index >= 15 is 0 Å². The lowest BCUT2D eigenvalue weighted by molar-refractivity contribution is -0.123. The zero-order valence-corrected chi connectivity index (χ0v) is 15.1. The quantitative estimate of drug-likeness (QED) is 0.735.